The SMILES string of the molecule is CN(C)[C@@H]1C(=O)C(C(N)=O)=C(O)[C@@]2(O)C(=O)C3=C(O)c4c(ccc(NC5CCNCC5)c4O)C[C@H]3C[C@@H]12.[2H]F. The number of amides is 1. The predicted molar refractivity (Wildman–Crippen MR) is 136 cm³/mol. The molecule has 0 unspecified atom stereocenters. The molecule has 5 rings (SSSR count). The summed E-state index contributed by atoms with van der Waals surface area (Å²) in [6.45, 7) is 1.69. The number of carbonyl (C=O) groups excluding carboxylic acids is 3. The molecule has 12 heteroatoms. The number of aromatic hydroxyl groups is 1. The minimum atomic E-state index is -2.63. The molecule has 0 radical (unpaired) electrons. The van der Waals surface area contributed by atoms with E-state index >= 15 is 0 Å². The average molecular weight is 534 g/mol. The lowest BCUT2D eigenvalue weighted by atomic mass is 9.57. The number of aliphatic hydroxyl groups excluding tert-OH is 2. The van der Waals surface area contributed by atoms with Gasteiger partial charge < -0.3 is 36.8 Å². The lowest BCUT2D eigenvalue weighted by Crippen LogP contribution is -2.65. The highest BCUT2D eigenvalue weighted by molar-refractivity contribution is 6.24. The minimum Gasteiger partial charge on any atom is -0.508 e. The fourth-order valence-corrected chi connectivity index (χ4v) is 6.52. The van der Waals surface area contributed by atoms with Crippen molar-refractivity contribution in [3.63, 3.8) is 0 Å². The van der Waals surface area contributed by atoms with Gasteiger partial charge in [-0.3, -0.25) is 24.0 Å². The predicted octanol–water partition coefficient (Wildman–Crippen LogP) is 0.280. The zero-order chi connectivity index (χ0) is 28.8. The van der Waals surface area contributed by atoms with Crippen LogP contribution in [0.3, 0.4) is 0 Å². The number of halogens is 1. The van der Waals surface area contributed by atoms with Crippen LogP contribution in [-0.4, -0.2) is 89.1 Å². The number of phenols is 1. The Labute approximate surface area is 219 Å². The molecule has 0 spiro atoms. The second-order valence-corrected chi connectivity index (χ2v) is 10.6. The number of rotatable bonds is 4. The van der Waals surface area contributed by atoms with Crippen LogP contribution in [0, 0.1) is 11.8 Å². The molecule has 8 N–H and O–H groups in total. The average Bonchev–Trinajstić information content (AvgIpc) is 2.89. The van der Waals surface area contributed by atoms with E-state index in [0.717, 1.165) is 25.9 Å². The fourth-order valence-electron chi connectivity index (χ4n) is 6.52. The van der Waals surface area contributed by atoms with Crippen LogP contribution in [-0.2, 0) is 20.8 Å². The topological polar surface area (TPSA) is 185 Å². The number of hydrogen-bond donors (Lipinski definition) is 7. The van der Waals surface area contributed by atoms with E-state index < -0.39 is 58.0 Å². The van der Waals surface area contributed by atoms with E-state index in [1.54, 1.807) is 26.2 Å². The Hall–Kier alpha value is -3.48. The molecule has 1 aliphatic heterocycles. The summed E-state index contributed by atoms with van der Waals surface area (Å²) < 4.78 is 13.0. The summed E-state index contributed by atoms with van der Waals surface area (Å²) in [5.41, 5.74) is 2.88. The van der Waals surface area contributed by atoms with Crippen LogP contribution in [0.1, 0.15) is 30.4 Å². The van der Waals surface area contributed by atoms with Gasteiger partial charge in [-0.1, -0.05) is 6.07 Å². The number of phenolic OH excluding ortho intramolecular Hbond substituents is 1. The van der Waals surface area contributed by atoms with E-state index in [2.05, 4.69) is 12.1 Å². The zero-order valence-corrected chi connectivity index (χ0v) is 21.1. The van der Waals surface area contributed by atoms with Gasteiger partial charge in [0, 0.05) is 17.5 Å². The maximum Gasteiger partial charge on any atom is 0.269 e. The Kier molecular flexibility index (Phi) is 6.66. The number of likely N-dealkylation sites (N-methyl/N-ethyl adjacent to an activating group) is 1. The van der Waals surface area contributed by atoms with Crippen molar-refractivity contribution in [2.24, 2.45) is 17.6 Å². The maximum absolute atomic E-state index is 13.9. The summed E-state index contributed by atoms with van der Waals surface area (Å²) in [6.07, 6.45) is 2.06. The highest BCUT2D eigenvalue weighted by atomic mass is 19.0. The highest BCUT2D eigenvalue weighted by Crippen LogP contribution is 2.53. The van der Waals surface area contributed by atoms with Gasteiger partial charge in [-0.25, -0.2) is 0 Å². The Morgan fingerprint density at radius 3 is 2.47 bits per heavy atom. The number of aliphatic hydroxyl groups is 3. The molecule has 1 aromatic carbocycles. The van der Waals surface area contributed by atoms with Crippen molar-refractivity contribution in [2.75, 3.05) is 32.5 Å². The molecule has 2 fully saturated rings. The molecule has 0 bridgehead atoms. The van der Waals surface area contributed by atoms with Crippen LogP contribution in [0.4, 0.5) is 10.4 Å². The number of primary amides is 1. The van der Waals surface area contributed by atoms with E-state index in [1.165, 1.54) is 4.90 Å². The number of nitrogens with one attached hydrogen (secondary N) is 2. The first-order chi connectivity index (χ1) is 18.5. The molecule has 1 saturated carbocycles. The fraction of sp³-hybridized carbons (Fsp3) is 0.500. The third kappa shape index (κ3) is 3.86. The van der Waals surface area contributed by atoms with E-state index in [9.17, 15) is 34.8 Å². The van der Waals surface area contributed by atoms with Crippen molar-refractivity contribution >= 4 is 28.9 Å². The first kappa shape index (κ1) is 26.1. The Morgan fingerprint density at radius 1 is 1.21 bits per heavy atom. The molecule has 1 heterocycles. The summed E-state index contributed by atoms with van der Waals surface area (Å²) in [6, 6.07) is 2.57. The standard InChI is InChI=1S/C26H32N4O7.FH/c1-30(2)19-14-10-12-9-11-3-4-15(29-13-5-7-28-8-6-13)20(31)16(11)21(32)17(12)23(34)26(14,37)24(35)18(22(19)33)25(27)36;/h3-4,12-14,19,28-29,31-32,35,37H,5-10H2,1-2H3,(H2,27,36);1H/t12-,14-,19-,26-;/m0./s1/i/hD. The lowest BCUT2D eigenvalue weighted by molar-refractivity contribution is -0.153. The zero-order valence-electron chi connectivity index (χ0n) is 22.1. The van der Waals surface area contributed by atoms with Gasteiger partial charge in [0.05, 0.1) is 17.3 Å². The third-order valence-corrected chi connectivity index (χ3v) is 8.29. The molecule has 38 heavy (non-hydrogen) atoms. The van der Waals surface area contributed by atoms with Crippen molar-refractivity contribution in [1.29, 1.82) is 1.45 Å². The van der Waals surface area contributed by atoms with Gasteiger partial charge in [-0.15, -0.1) is 0 Å². The van der Waals surface area contributed by atoms with E-state index in [0.29, 0.717) is 11.3 Å². The number of benzene rings is 1. The van der Waals surface area contributed by atoms with Gasteiger partial charge in [0.2, 0.25) is 5.78 Å². The maximum atomic E-state index is 13.9. The molecule has 1 aromatic rings. The Balaban J connectivity index is 0.00000172. The van der Waals surface area contributed by atoms with E-state index in [1.807, 2.05) is 0 Å². The quantitative estimate of drug-likeness (QED) is 0.209. The Bertz CT molecular complexity index is 1280. The smallest absolute Gasteiger partial charge is 0.269 e. The molecule has 1 saturated heterocycles. The van der Waals surface area contributed by atoms with Crippen LogP contribution in [0.15, 0.2) is 29.0 Å². The number of Topliss-reactive ketones (excluding diaryl/α,β-unsaturated/α-hetero) is 2. The minimum absolute atomic E-state index is 0.0710. The van der Waals surface area contributed by atoms with Crippen LogP contribution in [0.25, 0.3) is 5.76 Å². The number of ketones is 2. The van der Waals surface area contributed by atoms with Crippen molar-refractivity contribution in [2.45, 2.75) is 43.4 Å². The van der Waals surface area contributed by atoms with Crippen molar-refractivity contribution in [1.82, 2.24) is 10.2 Å². The second kappa shape index (κ2) is 9.68. The molecular formula is C26H33FN4O7. The number of carbonyl (C=O) groups is 3. The van der Waals surface area contributed by atoms with Crippen LogP contribution in [0.2, 0.25) is 0 Å². The van der Waals surface area contributed by atoms with Crippen molar-refractivity contribution in [3.05, 3.63) is 40.2 Å². The number of hydrogen-bond acceptors (Lipinski definition) is 10. The number of piperidine rings is 1. The van der Waals surface area contributed by atoms with Gasteiger partial charge in [0.1, 0.15) is 22.8 Å². The van der Waals surface area contributed by atoms with Crippen molar-refractivity contribution in [3.8, 4) is 5.75 Å². The van der Waals surface area contributed by atoms with Crippen LogP contribution >= 0.6 is 0 Å². The molecular weight excluding hydrogens is 499 g/mol. The lowest BCUT2D eigenvalue weighted by Gasteiger charge is -2.50. The van der Waals surface area contributed by atoms with Crippen molar-refractivity contribution < 1.29 is 39.5 Å². The second-order valence-electron chi connectivity index (χ2n) is 10.6. The van der Waals surface area contributed by atoms with Crippen LogP contribution in [0.5, 0.6) is 5.75 Å². The number of fused-ring (bicyclic) bond motifs is 3. The summed E-state index contributed by atoms with van der Waals surface area (Å²) in [7, 11) is 3.14. The van der Waals surface area contributed by atoms with Gasteiger partial charge >= 0.3 is 0 Å². The van der Waals surface area contributed by atoms with Gasteiger partial charge in [-0.05, 0) is 70.4 Å². The summed E-state index contributed by atoms with van der Waals surface area (Å²) in [5, 5.41) is 51.5. The number of nitrogens with zero attached hydrogens (tertiary/aromatic N) is 1. The van der Waals surface area contributed by atoms with Gasteiger partial charge in [0.25, 0.3) is 7.36 Å². The van der Waals surface area contributed by atoms with E-state index in [4.69, 9.17) is 10.5 Å². The number of anilines is 1. The third-order valence-electron chi connectivity index (χ3n) is 8.29. The molecule has 11 nitrogen and oxygen atoms in total. The molecule has 0 aromatic heterocycles. The summed E-state index contributed by atoms with van der Waals surface area (Å²) in [5.74, 6) is -6.47. The molecule has 206 valence electrons. The van der Waals surface area contributed by atoms with Crippen LogP contribution < -0.4 is 16.4 Å². The first-order valence-electron chi connectivity index (χ1n) is 12.8. The molecule has 1 amide bonds. The van der Waals surface area contributed by atoms with Gasteiger partial charge in [-0.2, -0.15) is 0 Å². The number of nitrogens with two attached hydrogens (primary N) is 1. The molecule has 4 atom stereocenters. The normalized spacial score (nSPS) is 29.6. The Morgan fingerprint density at radius 2 is 1.87 bits per heavy atom. The molecule has 3 aliphatic carbocycles. The van der Waals surface area contributed by atoms with Gasteiger partial charge in [0.15, 0.2) is 11.4 Å². The van der Waals surface area contributed by atoms with E-state index in [-0.39, 0.29) is 35.8 Å². The first-order valence-corrected chi connectivity index (χ1v) is 12.4. The largest absolute Gasteiger partial charge is 0.508 e. The highest BCUT2D eigenvalue weighted by Gasteiger charge is 2.64. The monoisotopic (exact) mass is 533 g/mol. The molecule has 4 aliphatic rings. The summed E-state index contributed by atoms with van der Waals surface area (Å²) in [4.78, 5) is 40.5. The summed E-state index contributed by atoms with van der Waals surface area (Å²) >= 11 is 0.